The maximum atomic E-state index is 13.6. The summed E-state index contributed by atoms with van der Waals surface area (Å²) in [5, 5.41) is 19.1. The number of nitrogens with one attached hydrogen (secondary N) is 1. The minimum Gasteiger partial charge on any atom is -0.370 e. The van der Waals surface area contributed by atoms with Gasteiger partial charge in [0.1, 0.15) is 11.5 Å². The number of alkyl halides is 3. The monoisotopic (exact) mass is 402 g/mol. The third kappa shape index (κ3) is 3.43. The van der Waals surface area contributed by atoms with Gasteiger partial charge in [0.2, 0.25) is 0 Å². The highest BCUT2D eigenvalue weighted by Crippen LogP contribution is 2.41. The number of para-hydroxylation sites is 2. The summed E-state index contributed by atoms with van der Waals surface area (Å²) >= 11 is 0. The maximum absolute atomic E-state index is 13.6. The van der Waals surface area contributed by atoms with Crippen molar-refractivity contribution in [3.05, 3.63) is 69.8 Å². The van der Waals surface area contributed by atoms with E-state index in [0.29, 0.717) is 24.3 Å². The van der Waals surface area contributed by atoms with Gasteiger partial charge in [0, 0.05) is 23.7 Å². The minimum atomic E-state index is -4.54. The molecule has 0 bridgehead atoms. The fourth-order valence-electron chi connectivity index (χ4n) is 3.63. The lowest BCUT2D eigenvalue weighted by atomic mass is 9.99. The molecule has 1 aromatic heterocycles. The van der Waals surface area contributed by atoms with Gasteiger partial charge in [-0.2, -0.15) is 18.3 Å². The van der Waals surface area contributed by atoms with Gasteiger partial charge >= 0.3 is 6.18 Å². The summed E-state index contributed by atoms with van der Waals surface area (Å²) in [6, 6.07) is 11.3. The second-order valence-corrected chi connectivity index (χ2v) is 6.76. The minimum absolute atomic E-state index is 0.0303. The number of hydrogen-bond acceptors (Lipinski definition) is 4. The first-order valence-corrected chi connectivity index (χ1v) is 9.14. The van der Waals surface area contributed by atoms with Crippen molar-refractivity contribution < 1.29 is 18.1 Å². The summed E-state index contributed by atoms with van der Waals surface area (Å²) in [7, 11) is 0. The van der Waals surface area contributed by atoms with E-state index >= 15 is 0 Å². The van der Waals surface area contributed by atoms with Crippen LogP contribution in [-0.2, 0) is 12.6 Å². The van der Waals surface area contributed by atoms with Gasteiger partial charge in [-0.15, -0.1) is 0 Å². The van der Waals surface area contributed by atoms with Crippen LogP contribution < -0.4 is 5.32 Å². The van der Waals surface area contributed by atoms with Gasteiger partial charge in [-0.1, -0.05) is 30.3 Å². The van der Waals surface area contributed by atoms with Crippen LogP contribution in [0.1, 0.15) is 24.0 Å². The van der Waals surface area contributed by atoms with Gasteiger partial charge in [0.25, 0.3) is 5.69 Å². The molecule has 0 aliphatic carbocycles. The lowest BCUT2D eigenvalue weighted by Gasteiger charge is -2.12. The van der Waals surface area contributed by atoms with Crippen molar-refractivity contribution in [1.82, 2.24) is 9.78 Å². The van der Waals surface area contributed by atoms with E-state index in [2.05, 4.69) is 10.4 Å². The lowest BCUT2D eigenvalue weighted by Crippen LogP contribution is -2.09. The molecular formula is C20H17F3N4O2. The predicted octanol–water partition coefficient (Wildman–Crippen LogP) is 5.21. The predicted molar refractivity (Wildman–Crippen MR) is 102 cm³/mol. The molecule has 1 aliphatic rings. The fraction of sp³-hybridized carbons (Fsp3) is 0.250. The number of aromatic nitrogens is 2. The molecule has 6 nitrogen and oxygen atoms in total. The molecule has 29 heavy (non-hydrogen) atoms. The molecule has 0 spiro atoms. The Bertz CT molecular complexity index is 1080. The number of benzene rings is 2. The number of halogens is 3. The van der Waals surface area contributed by atoms with Crippen LogP contribution in [0, 0.1) is 10.1 Å². The molecule has 2 aromatic carbocycles. The van der Waals surface area contributed by atoms with Crippen molar-refractivity contribution in [2.45, 2.75) is 25.4 Å². The van der Waals surface area contributed by atoms with Gasteiger partial charge in [-0.25, -0.2) is 4.68 Å². The Morgan fingerprint density at radius 3 is 2.55 bits per heavy atom. The molecule has 0 amide bonds. The van der Waals surface area contributed by atoms with Crippen LogP contribution >= 0.6 is 0 Å². The van der Waals surface area contributed by atoms with Crippen molar-refractivity contribution in [3.8, 4) is 16.9 Å². The van der Waals surface area contributed by atoms with E-state index in [0.717, 1.165) is 18.9 Å². The first-order chi connectivity index (χ1) is 13.9. The largest absolute Gasteiger partial charge is 0.417 e. The number of nitrogens with zero attached hydrogens (tertiary/aromatic N) is 3. The molecule has 1 aliphatic heterocycles. The quantitative estimate of drug-likeness (QED) is 0.482. The first kappa shape index (κ1) is 19.0. The summed E-state index contributed by atoms with van der Waals surface area (Å²) in [5.41, 5.74) is 0.0627. The molecule has 0 saturated heterocycles. The molecule has 0 fully saturated rings. The van der Waals surface area contributed by atoms with E-state index in [-0.39, 0.29) is 22.6 Å². The van der Waals surface area contributed by atoms with E-state index in [4.69, 9.17) is 0 Å². The highest BCUT2D eigenvalue weighted by molar-refractivity contribution is 5.75. The Morgan fingerprint density at radius 1 is 1.07 bits per heavy atom. The van der Waals surface area contributed by atoms with Crippen molar-refractivity contribution in [2.24, 2.45) is 0 Å². The van der Waals surface area contributed by atoms with Crippen LogP contribution in [0.4, 0.5) is 24.7 Å². The highest BCUT2D eigenvalue weighted by atomic mass is 19.4. The van der Waals surface area contributed by atoms with Gasteiger partial charge in [-0.3, -0.25) is 10.1 Å². The van der Waals surface area contributed by atoms with Gasteiger partial charge in [0.15, 0.2) is 0 Å². The average Bonchev–Trinajstić information content (AvgIpc) is 2.88. The van der Waals surface area contributed by atoms with Crippen molar-refractivity contribution in [2.75, 3.05) is 11.9 Å². The third-order valence-electron chi connectivity index (χ3n) is 4.92. The number of hydrogen-bond donors (Lipinski definition) is 1. The number of anilines is 1. The third-order valence-corrected chi connectivity index (χ3v) is 4.92. The summed E-state index contributed by atoms with van der Waals surface area (Å²) < 4.78 is 42.2. The Balaban J connectivity index is 1.99. The van der Waals surface area contributed by atoms with Crippen LogP contribution in [0.25, 0.3) is 16.9 Å². The summed E-state index contributed by atoms with van der Waals surface area (Å²) in [6.45, 7) is 0.611. The Morgan fingerprint density at radius 2 is 1.79 bits per heavy atom. The van der Waals surface area contributed by atoms with Crippen LogP contribution in [0.15, 0.2) is 48.5 Å². The Hall–Kier alpha value is -3.36. The molecule has 0 saturated carbocycles. The topological polar surface area (TPSA) is 73.0 Å². The van der Waals surface area contributed by atoms with E-state index in [1.807, 2.05) is 0 Å². The molecule has 9 heteroatoms. The molecule has 0 unspecified atom stereocenters. The molecule has 150 valence electrons. The first-order valence-electron chi connectivity index (χ1n) is 9.14. The summed E-state index contributed by atoms with van der Waals surface area (Å²) in [6.07, 6.45) is -2.38. The fourth-order valence-corrected chi connectivity index (χ4v) is 3.63. The second-order valence-electron chi connectivity index (χ2n) is 6.76. The van der Waals surface area contributed by atoms with Gasteiger partial charge in [0.05, 0.1) is 16.2 Å². The zero-order chi connectivity index (χ0) is 20.6. The van der Waals surface area contributed by atoms with Crippen LogP contribution in [-0.4, -0.2) is 21.2 Å². The number of nitro groups is 1. The smallest absolute Gasteiger partial charge is 0.370 e. The normalized spacial score (nSPS) is 14.0. The molecule has 2 heterocycles. The van der Waals surface area contributed by atoms with E-state index in [1.165, 1.54) is 41.1 Å². The van der Waals surface area contributed by atoms with Gasteiger partial charge < -0.3 is 5.32 Å². The van der Waals surface area contributed by atoms with Crippen LogP contribution in [0.2, 0.25) is 0 Å². The summed E-state index contributed by atoms with van der Waals surface area (Å²) in [4.78, 5) is 11.0. The van der Waals surface area contributed by atoms with Crippen molar-refractivity contribution >= 4 is 11.5 Å². The molecule has 1 N–H and O–H groups in total. The second kappa shape index (κ2) is 7.23. The van der Waals surface area contributed by atoms with Crippen molar-refractivity contribution in [3.63, 3.8) is 0 Å². The van der Waals surface area contributed by atoms with E-state index in [1.54, 1.807) is 6.07 Å². The van der Waals surface area contributed by atoms with Crippen molar-refractivity contribution in [1.29, 1.82) is 0 Å². The average molecular weight is 402 g/mol. The zero-order valence-electron chi connectivity index (χ0n) is 15.2. The molecule has 0 radical (unpaired) electrons. The number of fused-ring (bicyclic) bond motifs is 1. The Labute approximate surface area is 164 Å². The summed E-state index contributed by atoms with van der Waals surface area (Å²) in [5.74, 6) is 0.503. The van der Waals surface area contributed by atoms with E-state index in [9.17, 15) is 23.3 Å². The standard InChI is InChI=1S/C20H17F3N4O2/c21-20(22,23)15-9-2-1-7-13(15)18-14-8-5-6-12-24-19(14)26(25-18)16-10-3-4-11-17(16)27(28)29/h1-4,7,9-11,24H,5-6,8,12H2. The highest BCUT2D eigenvalue weighted by Gasteiger charge is 2.35. The lowest BCUT2D eigenvalue weighted by molar-refractivity contribution is -0.384. The Kier molecular flexibility index (Phi) is 4.73. The molecule has 0 atom stereocenters. The number of rotatable bonds is 3. The van der Waals surface area contributed by atoms with Crippen LogP contribution in [0.3, 0.4) is 0 Å². The molecule has 4 rings (SSSR count). The van der Waals surface area contributed by atoms with E-state index < -0.39 is 16.7 Å². The molecule has 3 aromatic rings. The van der Waals surface area contributed by atoms with Crippen LogP contribution in [0.5, 0.6) is 0 Å². The van der Waals surface area contributed by atoms with Gasteiger partial charge in [-0.05, 0) is 31.4 Å². The molecular weight excluding hydrogens is 385 g/mol. The zero-order valence-corrected chi connectivity index (χ0v) is 15.2. The SMILES string of the molecule is O=[N+]([O-])c1ccccc1-n1nc(-c2ccccc2C(F)(F)F)c2c1NCCCC2. The number of nitro benzene ring substituents is 1. The maximum Gasteiger partial charge on any atom is 0.417 e.